The summed E-state index contributed by atoms with van der Waals surface area (Å²) in [6.07, 6.45) is 8.30. The van der Waals surface area contributed by atoms with Crippen molar-refractivity contribution in [2.75, 3.05) is 18.0 Å². The van der Waals surface area contributed by atoms with E-state index in [2.05, 4.69) is 20.0 Å². The van der Waals surface area contributed by atoms with E-state index in [-0.39, 0.29) is 34.9 Å². The molecule has 0 amide bonds. The molecule has 10 nitrogen and oxygen atoms in total. The normalized spacial score (nSPS) is 22.9. The van der Waals surface area contributed by atoms with Gasteiger partial charge in [0.05, 0.1) is 24.5 Å². The molecule has 0 bridgehead atoms. The van der Waals surface area contributed by atoms with Crippen LogP contribution in [0.2, 0.25) is 0 Å². The third-order valence-electron chi connectivity index (χ3n) is 6.00. The zero-order valence-corrected chi connectivity index (χ0v) is 19.3. The lowest BCUT2D eigenvalue weighted by atomic mass is 9.94. The lowest BCUT2D eigenvalue weighted by Gasteiger charge is -2.35. The molecule has 1 saturated heterocycles. The third-order valence-corrected chi connectivity index (χ3v) is 6.92. The van der Waals surface area contributed by atoms with E-state index in [0.29, 0.717) is 11.8 Å². The molecule has 0 atom stereocenters. The Labute approximate surface area is 188 Å². The number of nitrogens with two attached hydrogens (primary N) is 1. The van der Waals surface area contributed by atoms with E-state index in [9.17, 15) is 8.42 Å². The lowest BCUT2D eigenvalue weighted by molar-refractivity contribution is -0.0530. The molecule has 2 fully saturated rings. The van der Waals surface area contributed by atoms with Gasteiger partial charge in [0.25, 0.3) is 5.95 Å². The first kappa shape index (κ1) is 22.9. The van der Waals surface area contributed by atoms with Crippen LogP contribution in [0.25, 0.3) is 0 Å². The number of rotatable bonds is 7. The van der Waals surface area contributed by atoms with Gasteiger partial charge in [-0.3, -0.25) is 4.98 Å². The van der Waals surface area contributed by atoms with E-state index in [1.54, 1.807) is 6.07 Å². The predicted molar refractivity (Wildman–Crippen MR) is 117 cm³/mol. The number of pyridine rings is 1. The minimum absolute atomic E-state index is 0.0620. The second-order valence-electron chi connectivity index (χ2n) is 8.79. The largest absolute Gasteiger partial charge is 0.489 e. The molecule has 4 rings (SSSR count). The number of ether oxygens (including phenoxy) is 2. The first-order chi connectivity index (χ1) is 15.3. The van der Waals surface area contributed by atoms with Crippen LogP contribution >= 0.6 is 0 Å². The Balaban J connectivity index is 1.22. The van der Waals surface area contributed by atoms with Crippen molar-refractivity contribution in [2.45, 2.75) is 81.5 Å². The Bertz CT molecular complexity index is 996. The summed E-state index contributed by atoms with van der Waals surface area (Å²) < 4.78 is 41.1. The average molecular weight is 466 g/mol. The van der Waals surface area contributed by atoms with Crippen molar-refractivity contribution in [3.8, 4) is 5.75 Å². The third kappa shape index (κ3) is 5.57. The highest BCUT2D eigenvalue weighted by Crippen LogP contribution is 2.30. The molecule has 0 radical (unpaired) electrons. The van der Waals surface area contributed by atoms with Crippen LogP contribution in [0.5, 0.6) is 5.75 Å². The molecule has 2 aromatic rings. The van der Waals surface area contributed by atoms with Crippen LogP contribution in [0, 0.1) is 0 Å². The number of nitrogens with zero attached hydrogens (tertiary/aromatic N) is 4. The Hall–Kier alpha value is -2.24. The van der Waals surface area contributed by atoms with Crippen molar-refractivity contribution in [2.24, 2.45) is 5.14 Å². The lowest BCUT2D eigenvalue weighted by Crippen LogP contribution is -2.40. The van der Waals surface area contributed by atoms with Gasteiger partial charge in [-0.05, 0) is 49.7 Å². The second kappa shape index (κ2) is 9.72. The summed E-state index contributed by atoms with van der Waals surface area (Å²) in [7, 11) is -3.87. The molecular formula is C21H31N5O5S. The number of aromatic nitrogens is 3. The van der Waals surface area contributed by atoms with Gasteiger partial charge < -0.3 is 18.9 Å². The van der Waals surface area contributed by atoms with Gasteiger partial charge in [-0.1, -0.05) is 13.8 Å². The molecule has 2 aromatic heterocycles. The van der Waals surface area contributed by atoms with E-state index in [1.807, 2.05) is 13.8 Å². The van der Waals surface area contributed by atoms with Gasteiger partial charge in [-0.15, -0.1) is 0 Å². The Kier molecular flexibility index (Phi) is 6.96. The van der Waals surface area contributed by atoms with Crippen molar-refractivity contribution in [1.82, 2.24) is 15.1 Å². The Morgan fingerprint density at radius 2 is 1.75 bits per heavy atom. The van der Waals surface area contributed by atoms with Crippen molar-refractivity contribution in [1.29, 1.82) is 0 Å². The molecule has 0 unspecified atom stereocenters. The quantitative estimate of drug-likeness (QED) is 0.655. The monoisotopic (exact) mass is 465 g/mol. The summed E-state index contributed by atoms with van der Waals surface area (Å²) in [5, 5.41) is 9.37. The molecule has 3 heterocycles. The summed E-state index contributed by atoms with van der Waals surface area (Å²) >= 11 is 0. The minimum atomic E-state index is -3.87. The predicted octanol–water partition coefficient (Wildman–Crippen LogP) is 2.61. The van der Waals surface area contributed by atoms with Crippen LogP contribution in [0.3, 0.4) is 0 Å². The van der Waals surface area contributed by atoms with Crippen LogP contribution < -0.4 is 14.8 Å². The number of hydrogen-bond donors (Lipinski definition) is 1. The zero-order chi connectivity index (χ0) is 22.7. The van der Waals surface area contributed by atoms with E-state index >= 15 is 0 Å². The first-order valence-corrected chi connectivity index (χ1v) is 12.7. The summed E-state index contributed by atoms with van der Waals surface area (Å²) in [6, 6.07) is 1.55. The molecule has 1 aliphatic carbocycles. The SMILES string of the molecule is CC(C)c1nc(N2CCC(O[C@H]3CC[C@H](Oc4ccncc4S(N)(=O)=O)CC3)CC2)no1. The fraction of sp³-hybridized carbons (Fsp3) is 0.667. The van der Waals surface area contributed by atoms with Gasteiger partial charge in [0.2, 0.25) is 15.9 Å². The summed E-state index contributed by atoms with van der Waals surface area (Å²) in [4.78, 5) is 10.4. The van der Waals surface area contributed by atoms with Gasteiger partial charge in [0.1, 0.15) is 10.6 Å². The smallest absolute Gasteiger partial charge is 0.266 e. The highest BCUT2D eigenvalue weighted by molar-refractivity contribution is 7.89. The zero-order valence-electron chi connectivity index (χ0n) is 18.5. The van der Waals surface area contributed by atoms with Gasteiger partial charge >= 0.3 is 0 Å². The maximum Gasteiger partial charge on any atom is 0.266 e. The first-order valence-electron chi connectivity index (χ1n) is 11.2. The average Bonchev–Trinajstić information content (AvgIpc) is 3.26. The molecule has 2 N–H and O–H groups in total. The summed E-state index contributed by atoms with van der Waals surface area (Å²) in [5.74, 6) is 1.82. The highest BCUT2D eigenvalue weighted by Gasteiger charge is 2.29. The molecule has 32 heavy (non-hydrogen) atoms. The fourth-order valence-corrected chi connectivity index (χ4v) is 4.80. The Morgan fingerprint density at radius 1 is 1.09 bits per heavy atom. The molecule has 0 aromatic carbocycles. The molecule has 0 spiro atoms. The van der Waals surface area contributed by atoms with Crippen molar-refractivity contribution >= 4 is 16.0 Å². The van der Waals surface area contributed by atoms with Crippen molar-refractivity contribution in [3.63, 3.8) is 0 Å². The molecule has 2 aliphatic rings. The highest BCUT2D eigenvalue weighted by atomic mass is 32.2. The van der Waals surface area contributed by atoms with E-state index in [4.69, 9.17) is 19.1 Å². The van der Waals surface area contributed by atoms with E-state index < -0.39 is 10.0 Å². The summed E-state index contributed by atoms with van der Waals surface area (Å²) in [5.41, 5.74) is 0. The van der Waals surface area contributed by atoms with Gasteiger partial charge in [-0.25, -0.2) is 13.6 Å². The van der Waals surface area contributed by atoms with Crippen LogP contribution in [0.4, 0.5) is 5.95 Å². The maximum atomic E-state index is 11.7. The second-order valence-corrected chi connectivity index (χ2v) is 10.3. The van der Waals surface area contributed by atoms with Crippen LogP contribution in [-0.2, 0) is 14.8 Å². The van der Waals surface area contributed by atoms with Gasteiger partial charge in [0.15, 0.2) is 0 Å². The molecule has 176 valence electrons. The summed E-state index contributed by atoms with van der Waals surface area (Å²) in [6.45, 7) is 5.76. The molecular weight excluding hydrogens is 434 g/mol. The standard InChI is InChI=1S/C21H31N5O5S/c1-14(2)20-24-21(25-31-20)26-11-8-17(9-12-26)29-15-3-5-16(6-4-15)30-18-7-10-23-13-19(18)32(22,27)28/h7,10,13-17H,3-6,8-9,11-12H2,1-2H3,(H2,22,27,28)/t15-,16-. The maximum absolute atomic E-state index is 11.7. The molecule has 11 heteroatoms. The van der Waals surface area contributed by atoms with Gasteiger partial charge in [-0.2, -0.15) is 4.98 Å². The van der Waals surface area contributed by atoms with Crippen LogP contribution in [0.1, 0.15) is 64.2 Å². The molecule has 1 aliphatic heterocycles. The van der Waals surface area contributed by atoms with Crippen LogP contribution in [-0.4, -0.2) is 54.9 Å². The fourth-order valence-electron chi connectivity index (χ4n) is 4.20. The van der Waals surface area contributed by atoms with E-state index in [1.165, 1.54) is 12.4 Å². The Morgan fingerprint density at radius 3 is 2.38 bits per heavy atom. The topological polar surface area (TPSA) is 134 Å². The van der Waals surface area contributed by atoms with Crippen molar-refractivity contribution in [3.05, 3.63) is 24.4 Å². The van der Waals surface area contributed by atoms with Gasteiger partial charge in [0, 0.05) is 25.2 Å². The molecule has 1 saturated carbocycles. The number of sulfonamides is 1. The van der Waals surface area contributed by atoms with Crippen LogP contribution in [0.15, 0.2) is 27.9 Å². The number of piperidine rings is 1. The number of primary sulfonamides is 1. The minimum Gasteiger partial charge on any atom is -0.489 e. The number of hydrogen-bond acceptors (Lipinski definition) is 9. The van der Waals surface area contributed by atoms with E-state index in [0.717, 1.165) is 51.6 Å². The van der Waals surface area contributed by atoms with Crippen molar-refractivity contribution < 1.29 is 22.4 Å². The number of anilines is 1.